The fourth-order valence-electron chi connectivity index (χ4n) is 4.25. The van der Waals surface area contributed by atoms with Crippen molar-refractivity contribution in [2.75, 3.05) is 13.2 Å². The van der Waals surface area contributed by atoms with Crippen LogP contribution in [0.5, 0.6) is 5.75 Å². The molecule has 104 valence electrons. The van der Waals surface area contributed by atoms with E-state index in [1.807, 2.05) is 0 Å². The molecule has 1 fully saturated rings. The number of hydrogen-bond acceptors (Lipinski definition) is 2. The Kier molecular flexibility index (Phi) is 2.25. The minimum Gasteiger partial charge on any atom is -0.493 e. The van der Waals surface area contributed by atoms with Crippen molar-refractivity contribution in [3.8, 4) is 5.75 Å². The van der Waals surface area contributed by atoms with Crippen LogP contribution in [0.2, 0.25) is 0 Å². The van der Waals surface area contributed by atoms with E-state index in [1.165, 1.54) is 16.7 Å². The Bertz CT molecular complexity index is 736. The molecule has 3 aliphatic rings. The van der Waals surface area contributed by atoms with Crippen molar-refractivity contribution in [3.63, 3.8) is 0 Å². The molecule has 0 aromatic heterocycles. The molecule has 0 amide bonds. The van der Waals surface area contributed by atoms with E-state index in [0.29, 0.717) is 17.9 Å². The van der Waals surface area contributed by atoms with Crippen molar-refractivity contribution in [2.45, 2.75) is 12.0 Å². The topological polar surface area (TPSA) is 12.5 Å². The van der Waals surface area contributed by atoms with E-state index in [9.17, 15) is 0 Å². The molecule has 2 aromatic rings. The Morgan fingerprint density at radius 2 is 1.76 bits per heavy atom. The molecule has 3 unspecified atom stereocenters. The molecule has 2 heteroatoms. The van der Waals surface area contributed by atoms with Gasteiger partial charge in [-0.2, -0.15) is 0 Å². The number of rotatable bonds is 0. The van der Waals surface area contributed by atoms with Gasteiger partial charge < -0.3 is 9.64 Å². The second-order valence-corrected chi connectivity index (χ2v) is 6.21. The predicted molar refractivity (Wildman–Crippen MR) is 83.1 cm³/mol. The normalized spacial score (nSPS) is 28.2. The minimum atomic E-state index is 0.463. The van der Waals surface area contributed by atoms with Crippen molar-refractivity contribution >= 4 is 6.08 Å². The Morgan fingerprint density at radius 1 is 0.952 bits per heavy atom. The number of nitrogens with zero attached hydrogens (tertiary/aromatic N) is 1. The lowest BCUT2D eigenvalue weighted by Gasteiger charge is -2.34. The van der Waals surface area contributed by atoms with E-state index in [0.717, 1.165) is 18.9 Å². The second-order valence-electron chi connectivity index (χ2n) is 6.21. The molecule has 0 N–H and O–H groups in total. The van der Waals surface area contributed by atoms with Crippen molar-refractivity contribution in [3.05, 3.63) is 71.4 Å². The quantitative estimate of drug-likeness (QED) is 0.724. The average molecular weight is 275 g/mol. The van der Waals surface area contributed by atoms with E-state index in [-0.39, 0.29) is 0 Å². The third-order valence-electron chi connectivity index (χ3n) is 5.20. The number of para-hydroxylation sites is 1. The van der Waals surface area contributed by atoms with Gasteiger partial charge in [-0.15, -0.1) is 0 Å². The highest BCUT2D eigenvalue weighted by Gasteiger charge is 2.46. The fraction of sp³-hybridized carbons (Fsp3) is 0.263. The van der Waals surface area contributed by atoms with E-state index in [4.69, 9.17) is 4.74 Å². The standard InChI is InChI=1S/C19H17NO/c1-2-6-14-13(5-1)9-10-20-11-16-15-7-3-4-8-18(15)21-12-17(16)19(14)20/h1-10,16-17,19H,11-12H2. The van der Waals surface area contributed by atoms with Crippen LogP contribution in [0, 0.1) is 5.92 Å². The van der Waals surface area contributed by atoms with Crippen molar-refractivity contribution in [1.29, 1.82) is 0 Å². The van der Waals surface area contributed by atoms with Gasteiger partial charge in [0.1, 0.15) is 5.75 Å². The average Bonchev–Trinajstić information content (AvgIpc) is 2.94. The predicted octanol–water partition coefficient (Wildman–Crippen LogP) is 3.82. The summed E-state index contributed by atoms with van der Waals surface area (Å²) in [6.07, 6.45) is 4.52. The Hall–Kier alpha value is -2.22. The van der Waals surface area contributed by atoms with Crippen LogP contribution in [-0.4, -0.2) is 18.1 Å². The lowest BCUT2D eigenvalue weighted by atomic mass is 9.80. The molecule has 5 rings (SSSR count). The van der Waals surface area contributed by atoms with E-state index in [1.54, 1.807) is 0 Å². The molecule has 0 spiro atoms. The van der Waals surface area contributed by atoms with Gasteiger partial charge in [-0.05, 0) is 28.8 Å². The summed E-state index contributed by atoms with van der Waals surface area (Å²) in [7, 11) is 0. The first-order valence-electron chi connectivity index (χ1n) is 7.66. The lowest BCUT2D eigenvalue weighted by molar-refractivity contribution is 0.181. The summed E-state index contributed by atoms with van der Waals surface area (Å²) in [6, 6.07) is 17.8. The lowest BCUT2D eigenvalue weighted by Crippen LogP contribution is -2.29. The van der Waals surface area contributed by atoms with Gasteiger partial charge in [-0.1, -0.05) is 42.5 Å². The first-order valence-corrected chi connectivity index (χ1v) is 7.66. The zero-order valence-corrected chi connectivity index (χ0v) is 11.8. The van der Waals surface area contributed by atoms with Crippen LogP contribution in [0.15, 0.2) is 54.7 Å². The molecule has 2 nitrogen and oxygen atoms in total. The first kappa shape index (κ1) is 11.4. The fourth-order valence-corrected chi connectivity index (χ4v) is 4.25. The summed E-state index contributed by atoms with van der Waals surface area (Å²) >= 11 is 0. The molecule has 0 aliphatic carbocycles. The SMILES string of the molecule is C1=CN2CC3c4ccccc4OCC3C2c2ccccc21. The summed E-state index contributed by atoms with van der Waals surface area (Å²) < 4.78 is 6.05. The maximum atomic E-state index is 6.05. The Labute approximate surface area is 124 Å². The van der Waals surface area contributed by atoms with Crippen molar-refractivity contribution in [2.24, 2.45) is 5.92 Å². The van der Waals surface area contributed by atoms with E-state index in [2.05, 4.69) is 65.7 Å². The Balaban J connectivity index is 1.62. The highest BCUT2D eigenvalue weighted by atomic mass is 16.5. The smallest absolute Gasteiger partial charge is 0.122 e. The summed E-state index contributed by atoms with van der Waals surface area (Å²) in [5.41, 5.74) is 4.20. The second kappa shape index (κ2) is 4.14. The first-order chi connectivity index (χ1) is 10.4. The summed E-state index contributed by atoms with van der Waals surface area (Å²) in [5.74, 6) is 2.21. The van der Waals surface area contributed by atoms with Gasteiger partial charge in [0.25, 0.3) is 0 Å². The maximum absolute atomic E-state index is 6.05. The molecule has 0 radical (unpaired) electrons. The van der Waals surface area contributed by atoms with Crippen LogP contribution in [0.4, 0.5) is 0 Å². The molecule has 1 saturated heterocycles. The molecule has 2 aromatic carbocycles. The monoisotopic (exact) mass is 275 g/mol. The van der Waals surface area contributed by atoms with Gasteiger partial charge in [0.2, 0.25) is 0 Å². The molecule has 21 heavy (non-hydrogen) atoms. The van der Waals surface area contributed by atoms with Gasteiger partial charge in [0, 0.05) is 24.6 Å². The number of hydrogen-bond donors (Lipinski definition) is 0. The van der Waals surface area contributed by atoms with Crippen LogP contribution in [-0.2, 0) is 0 Å². The molecule has 3 atom stereocenters. The van der Waals surface area contributed by atoms with Gasteiger partial charge in [0.15, 0.2) is 0 Å². The third kappa shape index (κ3) is 1.53. The van der Waals surface area contributed by atoms with Crippen molar-refractivity contribution in [1.82, 2.24) is 4.90 Å². The molecular weight excluding hydrogens is 258 g/mol. The van der Waals surface area contributed by atoms with Gasteiger partial charge in [0.05, 0.1) is 12.6 Å². The number of fused-ring (bicyclic) bond motifs is 7. The maximum Gasteiger partial charge on any atom is 0.122 e. The van der Waals surface area contributed by atoms with Gasteiger partial charge in [-0.3, -0.25) is 0 Å². The number of benzene rings is 2. The van der Waals surface area contributed by atoms with Crippen LogP contribution >= 0.6 is 0 Å². The van der Waals surface area contributed by atoms with Crippen LogP contribution in [0.25, 0.3) is 6.08 Å². The van der Waals surface area contributed by atoms with Gasteiger partial charge in [-0.25, -0.2) is 0 Å². The van der Waals surface area contributed by atoms with Gasteiger partial charge >= 0.3 is 0 Å². The summed E-state index contributed by atoms with van der Waals surface area (Å²) in [6.45, 7) is 1.92. The molecule has 3 aliphatic heterocycles. The van der Waals surface area contributed by atoms with E-state index >= 15 is 0 Å². The van der Waals surface area contributed by atoms with Crippen molar-refractivity contribution < 1.29 is 4.74 Å². The zero-order valence-electron chi connectivity index (χ0n) is 11.8. The largest absolute Gasteiger partial charge is 0.493 e. The molecular formula is C19H17NO. The molecule has 3 heterocycles. The third-order valence-corrected chi connectivity index (χ3v) is 5.20. The number of ether oxygens (including phenoxy) is 1. The molecule has 0 bridgehead atoms. The zero-order chi connectivity index (χ0) is 13.8. The summed E-state index contributed by atoms with van der Waals surface area (Å²) in [4.78, 5) is 2.50. The molecule has 0 saturated carbocycles. The van der Waals surface area contributed by atoms with Crippen LogP contribution < -0.4 is 4.74 Å². The van der Waals surface area contributed by atoms with Crippen LogP contribution in [0.3, 0.4) is 0 Å². The highest BCUT2D eigenvalue weighted by molar-refractivity contribution is 5.58. The summed E-state index contributed by atoms with van der Waals surface area (Å²) in [5, 5.41) is 0. The Morgan fingerprint density at radius 3 is 2.71 bits per heavy atom. The highest BCUT2D eigenvalue weighted by Crippen LogP contribution is 2.52. The minimum absolute atomic E-state index is 0.463. The van der Waals surface area contributed by atoms with E-state index < -0.39 is 0 Å². The van der Waals surface area contributed by atoms with Crippen LogP contribution in [0.1, 0.15) is 28.7 Å².